The molecule has 2 N–H and O–H groups in total. The van der Waals surface area contributed by atoms with E-state index in [4.69, 9.17) is 10.5 Å². The molecule has 0 spiro atoms. The standard InChI is InChI=1S/C19H24N2O2/c1-19(20)10-7-16-8-11-21(12-9-17(16)13-19)18(22)23-14-15-5-3-2-4-6-15/h2-7,10H,8-9,11-14,20H2,1H3. The van der Waals surface area contributed by atoms with E-state index in [2.05, 4.69) is 12.2 Å². The van der Waals surface area contributed by atoms with Crippen LogP contribution in [0, 0.1) is 0 Å². The average Bonchev–Trinajstić information content (AvgIpc) is 2.75. The highest BCUT2D eigenvalue weighted by atomic mass is 16.6. The summed E-state index contributed by atoms with van der Waals surface area (Å²) in [5.74, 6) is 0. The van der Waals surface area contributed by atoms with Crippen molar-refractivity contribution in [1.29, 1.82) is 0 Å². The molecule has 1 aliphatic heterocycles. The molecule has 4 heteroatoms. The molecule has 0 bridgehead atoms. The van der Waals surface area contributed by atoms with Gasteiger partial charge >= 0.3 is 6.09 Å². The lowest BCUT2D eigenvalue weighted by atomic mass is 9.84. The molecule has 1 amide bonds. The molecule has 1 heterocycles. The fourth-order valence-corrected chi connectivity index (χ4v) is 3.18. The molecule has 0 aromatic heterocycles. The van der Waals surface area contributed by atoms with Gasteiger partial charge in [0.1, 0.15) is 6.61 Å². The van der Waals surface area contributed by atoms with Gasteiger partial charge in [-0.2, -0.15) is 0 Å². The summed E-state index contributed by atoms with van der Waals surface area (Å²) in [6, 6.07) is 9.77. The Balaban J connectivity index is 1.55. The molecule has 4 nitrogen and oxygen atoms in total. The van der Waals surface area contributed by atoms with Gasteiger partial charge in [-0.05, 0) is 37.3 Å². The van der Waals surface area contributed by atoms with E-state index >= 15 is 0 Å². The quantitative estimate of drug-likeness (QED) is 0.910. The molecule has 0 fully saturated rings. The van der Waals surface area contributed by atoms with E-state index < -0.39 is 0 Å². The van der Waals surface area contributed by atoms with Gasteiger partial charge in [0.2, 0.25) is 0 Å². The SMILES string of the molecule is CC1(N)C=CC2=C(CCN(C(=O)OCc3ccccc3)CC2)C1. The van der Waals surface area contributed by atoms with Crippen molar-refractivity contribution in [1.82, 2.24) is 4.90 Å². The maximum atomic E-state index is 12.3. The number of nitrogens with two attached hydrogens (primary N) is 1. The van der Waals surface area contributed by atoms with Crippen LogP contribution in [0.15, 0.2) is 53.6 Å². The predicted octanol–water partition coefficient (Wildman–Crippen LogP) is 3.39. The molecule has 1 aromatic rings. The summed E-state index contributed by atoms with van der Waals surface area (Å²) in [5, 5.41) is 0. The van der Waals surface area contributed by atoms with Crippen LogP contribution < -0.4 is 5.73 Å². The van der Waals surface area contributed by atoms with Crippen molar-refractivity contribution in [2.45, 2.75) is 38.3 Å². The number of hydrogen-bond acceptors (Lipinski definition) is 3. The summed E-state index contributed by atoms with van der Waals surface area (Å²) in [5.41, 5.74) is 9.69. The first kappa shape index (κ1) is 15.8. The highest BCUT2D eigenvalue weighted by molar-refractivity contribution is 5.68. The topological polar surface area (TPSA) is 55.6 Å². The Morgan fingerprint density at radius 1 is 1.26 bits per heavy atom. The average molecular weight is 312 g/mol. The Morgan fingerprint density at radius 3 is 2.78 bits per heavy atom. The van der Waals surface area contributed by atoms with Crippen molar-refractivity contribution in [2.24, 2.45) is 5.73 Å². The van der Waals surface area contributed by atoms with Gasteiger partial charge in [-0.15, -0.1) is 0 Å². The van der Waals surface area contributed by atoms with Crippen LogP contribution in [0.5, 0.6) is 0 Å². The second kappa shape index (κ2) is 6.59. The Labute approximate surface area is 137 Å². The largest absolute Gasteiger partial charge is 0.445 e. The lowest BCUT2D eigenvalue weighted by Crippen LogP contribution is -2.36. The normalized spacial score (nSPS) is 24.2. The van der Waals surface area contributed by atoms with Gasteiger partial charge in [0.25, 0.3) is 0 Å². The van der Waals surface area contributed by atoms with Crippen molar-refractivity contribution in [3.63, 3.8) is 0 Å². The van der Waals surface area contributed by atoms with Crippen molar-refractivity contribution in [3.8, 4) is 0 Å². The van der Waals surface area contributed by atoms with Gasteiger partial charge in [0, 0.05) is 18.6 Å². The lowest BCUT2D eigenvalue weighted by Gasteiger charge is -2.27. The third kappa shape index (κ3) is 4.02. The molecule has 1 aliphatic carbocycles. The first-order valence-corrected chi connectivity index (χ1v) is 8.18. The molecule has 3 rings (SSSR count). The van der Waals surface area contributed by atoms with Crippen LogP contribution in [0.4, 0.5) is 4.79 Å². The van der Waals surface area contributed by atoms with Gasteiger partial charge in [-0.3, -0.25) is 0 Å². The minimum Gasteiger partial charge on any atom is -0.445 e. The van der Waals surface area contributed by atoms with Crippen LogP contribution in [0.1, 0.15) is 31.7 Å². The van der Waals surface area contributed by atoms with Gasteiger partial charge in [-0.1, -0.05) is 48.1 Å². The van der Waals surface area contributed by atoms with Gasteiger partial charge in [0.05, 0.1) is 0 Å². The third-order valence-corrected chi connectivity index (χ3v) is 4.51. The number of amides is 1. The second-order valence-corrected chi connectivity index (χ2v) is 6.67. The van der Waals surface area contributed by atoms with Gasteiger partial charge in [0.15, 0.2) is 0 Å². The number of hydrogen-bond donors (Lipinski definition) is 1. The van der Waals surface area contributed by atoms with Crippen LogP contribution in [0.2, 0.25) is 0 Å². The fourth-order valence-electron chi connectivity index (χ4n) is 3.18. The highest BCUT2D eigenvalue weighted by Crippen LogP contribution is 2.31. The number of rotatable bonds is 2. The van der Waals surface area contributed by atoms with E-state index in [0.29, 0.717) is 19.7 Å². The molecule has 1 atom stereocenters. The summed E-state index contributed by atoms with van der Waals surface area (Å²) >= 11 is 0. The van der Waals surface area contributed by atoms with Crippen LogP contribution in [-0.4, -0.2) is 29.6 Å². The van der Waals surface area contributed by atoms with E-state index in [1.165, 1.54) is 11.1 Å². The monoisotopic (exact) mass is 312 g/mol. The van der Waals surface area contributed by atoms with Crippen LogP contribution in [0.3, 0.4) is 0 Å². The van der Waals surface area contributed by atoms with E-state index in [1.807, 2.05) is 42.2 Å². The fraction of sp³-hybridized carbons (Fsp3) is 0.421. The van der Waals surface area contributed by atoms with E-state index in [1.54, 1.807) is 0 Å². The van der Waals surface area contributed by atoms with Gasteiger partial charge in [-0.25, -0.2) is 4.79 Å². The molecule has 23 heavy (non-hydrogen) atoms. The smallest absolute Gasteiger partial charge is 0.410 e. The molecule has 1 aromatic carbocycles. The lowest BCUT2D eigenvalue weighted by molar-refractivity contribution is 0.0977. The minimum atomic E-state index is -0.262. The van der Waals surface area contributed by atoms with Crippen molar-refractivity contribution in [2.75, 3.05) is 13.1 Å². The van der Waals surface area contributed by atoms with Gasteiger partial charge < -0.3 is 15.4 Å². The molecule has 0 radical (unpaired) electrons. The molecule has 0 saturated carbocycles. The van der Waals surface area contributed by atoms with Crippen molar-refractivity contribution < 1.29 is 9.53 Å². The zero-order valence-electron chi connectivity index (χ0n) is 13.6. The molecule has 0 saturated heterocycles. The Morgan fingerprint density at radius 2 is 2.00 bits per heavy atom. The molecule has 2 aliphatic rings. The van der Waals surface area contributed by atoms with Crippen molar-refractivity contribution >= 4 is 6.09 Å². The van der Waals surface area contributed by atoms with E-state index in [0.717, 1.165) is 24.8 Å². The minimum absolute atomic E-state index is 0.229. The van der Waals surface area contributed by atoms with Crippen LogP contribution in [0.25, 0.3) is 0 Å². The molecular weight excluding hydrogens is 288 g/mol. The van der Waals surface area contributed by atoms with Crippen LogP contribution >= 0.6 is 0 Å². The third-order valence-electron chi connectivity index (χ3n) is 4.51. The van der Waals surface area contributed by atoms with E-state index in [9.17, 15) is 4.79 Å². The summed E-state index contributed by atoms with van der Waals surface area (Å²) in [6.45, 7) is 3.78. The number of nitrogens with zero attached hydrogens (tertiary/aromatic N) is 1. The maximum absolute atomic E-state index is 12.3. The number of carbonyl (C=O) groups excluding carboxylic acids is 1. The first-order valence-electron chi connectivity index (χ1n) is 8.18. The molecule has 122 valence electrons. The van der Waals surface area contributed by atoms with E-state index in [-0.39, 0.29) is 11.6 Å². The zero-order chi connectivity index (χ0) is 16.3. The molecular formula is C19H24N2O2. The summed E-state index contributed by atoms with van der Waals surface area (Å²) in [4.78, 5) is 14.1. The second-order valence-electron chi connectivity index (χ2n) is 6.67. The zero-order valence-corrected chi connectivity index (χ0v) is 13.6. The Kier molecular flexibility index (Phi) is 4.53. The van der Waals surface area contributed by atoms with Crippen molar-refractivity contribution in [3.05, 3.63) is 59.2 Å². The number of allylic oxidation sites excluding steroid dienone is 1. The summed E-state index contributed by atoms with van der Waals surface area (Å²) < 4.78 is 5.44. The Hall–Kier alpha value is -2.07. The van der Waals surface area contributed by atoms with Crippen LogP contribution in [-0.2, 0) is 11.3 Å². The summed E-state index contributed by atoms with van der Waals surface area (Å²) in [6.07, 6.45) is 6.63. The Bertz CT molecular complexity index is 632. The molecule has 1 unspecified atom stereocenters. The highest BCUT2D eigenvalue weighted by Gasteiger charge is 2.27. The number of ether oxygens (including phenoxy) is 1. The maximum Gasteiger partial charge on any atom is 0.410 e. The first-order chi connectivity index (χ1) is 11.0. The predicted molar refractivity (Wildman–Crippen MR) is 90.8 cm³/mol. The number of benzene rings is 1. The number of carbonyl (C=O) groups is 1. The summed E-state index contributed by atoms with van der Waals surface area (Å²) in [7, 11) is 0.